The minimum Gasteiger partial charge on any atom is -0.506 e. The Morgan fingerprint density at radius 2 is 1.29 bits per heavy atom. The fourth-order valence-electron chi connectivity index (χ4n) is 2.94. The van der Waals surface area contributed by atoms with Gasteiger partial charge in [-0.25, -0.2) is 0 Å². The molecule has 0 atom stereocenters. The summed E-state index contributed by atoms with van der Waals surface area (Å²) in [5.41, 5.74) is 3.09. The number of phenols is 1. The fraction of sp³-hybridized carbons (Fsp3) is 0.0952. The number of aromatic hydroxyl groups is 1. The van der Waals surface area contributed by atoms with Crippen LogP contribution in [-0.4, -0.2) is 5.11 Å². The number of hydrogen-bond donors (Lipinski definition) is 2. The van der Waals surface area contributed by atoms with Gasteiger partial charge >= 0.3 is 12.4 Å². The van der Waals surface area contributed by atoms with Crippen molar-refractivity contribution in [2.24, 2.45) is 0 Å². The van der Waals surface area contributed by atoms with E-state index in [0.717, 1.165) is 0 Å². The fourth-order valence-corrected chi connectivity index (χ4v) is 3.50. The van der Waals surface area contributed by atoms with Crippen molar-refractivity contribution in [3.63, 3.8) is 0 Å². The topological polar surface area (TPSA) is 70.0 Å². The lowest BCUT2D eigenvalue weighted by atomic mass is 9.94. The molecule has 31 heavy (non-hydrogen) atoms. The first-order valence-electron chi connectivity index (χ1n) is 8.43. The molecule has 0 aliphatic heterocycles. The summed E-state index contributed by atoms with van der Waals surface area (Å²) in [6.45, 7) is 0. The molecule has 3 nitrogen and oxygen atoms in total. The van der Waals surface area contributed by atoms with Crippen LogP contribution in [0.15, 0.2) is 53.0 Å². The maximum absolute atomic E-state index is 13.2. The van der Waals surface area contributed by atoms with Crippen molar-refractivity contribution in [2.45, 2.75) is 12.4 Å². The van der Waals surface area contributed by atoms with Gasteiger partial charge in [0.2, 0.25) is 0 Å². The van der Waals surface area contributed by atoms with E-state index >= 15 is 0 Å². The van der Waals surface area contributed by atoms with Crippen LogP contribution in [0.5, 0.6) is 5.75 Å². The molecule has 0 saturated carbocycles. The highest BCUT2D eigenvalue weighted by molar-refractivity contribution is 9.10. The van der Waals surface area contributed by atoms with Crippen molar-refractivity contribution in [1.29, 1.82) is 5.26 Å². The van der Waals surface area contributed by atoms with Crippen LogP contribution in [0.1, 0.15) is 16.7 Å². The second kappa shape index (κ2) is 7.81. The van der Waals surface area contributed by atoms with Crippen LogP contribution >= 0.6 is 15.9 Å². The van der Waals surface area contributed by atoms with Crippen LogP contribution in [0.25, 0.3) is 22.3 Å². The van der Waals surface area contributed by atoms with E-state index in [0.29, 0.717) is 27.7 Å². The van der Waals surface area contributed by atoms with Crippen LogP contribution in [0, 0.1) is 11.3 Å². The molecule has 0 saturated heterocycles. The second-order valence-electron chi connectivity index (χ2n) is 6.60. The number of anilines is 1. The van der Waals surface area contributed by atoms with E-state index < -0.39 is 23.5 Å². The maximum atomic E-state index is 13.2. The maximum Gasteiger partial charge on any atom is 0.416 e. The van der Waals surface area contributed by atoms with Crippen molar-refractivity contribution >= 4 is 21.6 Å². The minimum absolute atomic E-state index is 0.000497. The van der Waals surface area contributed by atoms with E-state index in [2.05, 4.69) is 15.9 Å². The standard InChI is InChI=1S/C21H11BrF6N2O/c22-17-8-19(31)18(30)7-16(17)13-2-10(9-29)1-11(3-13)12-4-14(20(23,24)25)6-15(5-12)21(26,27)28/h1-8,31H,30H2. The molecular formula is C21H11BrF6N2O. The number of nitrogens with two attached hydrogens (primary N) is 1. The van der Waals surface area contributed by atoms with E-state index in [1.165, 1.54) is 30.3 Å². The summed E-state index contributed by atoms with van der Waals surface area (Å²) in [7, 11) is 0. The number of benzene rings is 3. The summed E-state index contributed by atoms with van der Waals surface area (Å²) < 4.78 is 79.6. The van der Waals surface area contributed by atoms with Gasteiger partial charge in [0.05, 0.1) is 28.4 Å². The Morgan fingerprint density at radius 1 is 0.774 bits per heavy atom. The zero-order valence-corrected chi connectivity index (χ0v) is 16.8. The lowest BCUT2D eigenvalue weighted by Gasteiger charge is -2.15. The van der Waals surface area contributed by atoms with Gasteiger partial charge in [-0.05, 0) is 70.8 Å². The molecule has 0 heterocycles. The van der Waals surface area contributed by atoms with Crippen LogP contribution < -0.4 is 5.73 Å². The summed E-state index contributed by atoms with van der Waals surface area (Å²) in [5.74, 6) is -0.222. The minimum atomic E-state index is -5.00. The number of nitrogen functional groups attached to an aromatic ring is 1. The molecule has 3 aromatic rings. The average Bonchev–Trinajstić information content (AvgIpc) is 2.68. The summed E-state index contributed by atoms with van der Waals surface area (Å²) in [5, 5.41) is 19.0. The van der Waals surface area contributed by atoms with E-state index in [-0.39, 0.29) is 34.2 Å². The molecule has 0 bridgehead atoms. The largest absolute Gasteiger partial charge is 0.506 e. The number of nitrogens with zero attached hydrogens (tertiary/aromatic N) is 1. The van der Waals surface area contributed by atoms with Gasteiger partial charge in [-0.1, -0.05) is 15.9 Å². The van der Waals surface area contributed by atoms with Crippen LogP contribution in [-0.2, 0) is 12.4 Å². The molecule has 3 N–H and O–H groups in total. The van der Waals surface area contributed by atoms with E-state index in [1.54, 1.807) is 0 Å². The van der Waals surface area contributed by atoms with Gasteiger partial charge in [0, 0.05) is 4.47 Å². The highest BCUT2D eigenvalue weighted by atomic mass is 79.9. The summed E-state index contributed by atoms with van der Waals surface area (Å²) in [6, 6.07) is 9.65. The number of alkyl halides is 6. The third-order valence-electron chi connectivity index (χ3n) is 4.41. The summed E-state index contributed by atoms with van der Waals surface area (Å²) in [6.07, 6.45) is -10.00. The van der Waals surface area contributed by atoms with Gasteiger partial charge in [-0.2, -0.15) is 31.6 Å². The first-order chi connectivity index (χ1) is 14.3. The molecule has 0 aliphatic carbocycles. The van der Waals surface area contributed by atoms with Gasteiger partial charge < -0.3 is 10.8 Å². The van der Waals surface area contributed by atoms with Gasteiger partial charge in [0.25, 0.3) is 0 Å². The SMILES string of the molecule is N#Cc1cc(-c2cc(C(F)(F)F)cc(C(F)(F)F)c2)cc(-c2cc(N)c(O)cc2Br)c1. The quantitative estimate of drug-likeness (QED) is 0.226. The summed E-state index contributed by atoms with van der Waals surface area (Å²) >= 11 is 3.22. The van der Waals surface area contributed by atoms with Crippen LogP contribution in [0.2, 0.25) is 0 Å². The molecule has 160 valence electrons. The highest BCUT2D eigenvalue weighted by Gasteiger charge is 2.37. The van der Waals surface area contributed by atoms with Gasteiger partial charge in [0.15, 0.2) is 0 Å². The van der Waals surface area contributed by atoms with Crippen LogP contribution in [0.3, 0.4) is 0 Å². The van der Waals surface area contributed by atoms with Crippen molar-refractivity contribution in [3.8, 4) is 34.1 Å². The van der Waals surface area contributed by atoms with Gasteiger partial charge in [-0.3, -0.25) is 0 Å². The smallest absolute Gasteiger partial charge is 0.416 e. The molecule has 10 heteroatoms. The zero-order valence-electron chi connectivity index (χ0n) is 15.2. The molecule has 3 aromatic carbocycles. The third-order valence-corrected chi connectivity index (χ3v) is 5.07. The van der Waals surface area contributed by atoms with E-state index in [1.807, 2.05) is 6.07 Å². The Labute approximate surface area is 180 Å². The number of halogens is 7. The van der Waals surface area contributed by atoms with Gasteiger partial charge in [0.1, 0.15) is 5.75 Å². The second-order valence-corrected chi connectivity index (χ2v) is 7.45. The third kappa shape index (κ3) is 4.77. The first-order valence-corrected chi connectivity index (χ1v) is 9.22. The van der Waals surface area contributed by atoms with Crippen molar-refractivity contribution in [3.05, 3.63) is 69.7 Å². The molecule has 0 fully saturated rings. The molecule has 0 spiro atoms. The summed E-state index contributed by atoms with van der Waals surface area (Å²) in [4.78, 5) is 0. The molecule has 3 rings (SSSR count). The number of nitriles is 1. The Hall–Kier alpha value is -3.19. The molecule has 0 aromatic heterocycles. The number of hydrogen-bond acceptors (Lipinski definition) is 3. The predicted molar refractivity (Wildman–Crippen MR) is 106 cm³/mol. The molecule has 0 unspecified atom stereocenters. The lowest BCUT2D eigenvalue weighted by molar-refractivity contribution is -0.143. The molecular weight excluding hydrogens is 490 g/mol. The Kier molecular flexibility index (Phi) is 5.67. The number of rotatable bonds is 2. The normalized spacial score (nSPS) is 11.9. The van der Waals surface area contributed by atoms with Crippen LogP contribution in [0.4, 0.5) is 32.0 Å². The Balaban J connectivity index is 2.28. The Morgan fingerprint density at radius 3 is 1.81 bits per heavy atom. The molecule has 0 amide bonds. The first kappa shape index (κ1) is 22.5. The lowest BCUT2D eigenvalue weighted by Crippen LogP contribution is -2.11. The highest BCUT2D eigenvalue weighted by Crippen LogP contribution is 2.41. The number of phenolic OH excluding ortho intramolecular Hbond substituents is 1. The van der Waals surface area contributed by atoms with Crippen molar-refractivity contribution in [1.82, 2.24) is 0 Å². The van der Waals surface area contributed by atoms with Gasteiger partial charge in [-0.15, -0.1) is 0 Å². The predicted octanol–water partition coefficient (Wildman–Crippen LogP) is 6.98. The van der Waals surface area contributed by atoms with E-state index in [4.69, 9.17) is 5.73 Å². The van der Waals surface area contributed by atoms with E-state index in [9.17, 15) is 36.7 Å². The molecule has 0 radical (unpaired) electrons. The average molecular weight is 501 g/mol. The van der Waals surface area contributed by atoms with Crippen molar-refractivity contribution in [2.75, 3.05) is 5.73 Å². The monoisotopic (exact) mass is 500 g/mol. The molecule has 0 aliphatic rings. The van der Waals surface area contributed by atoms with Crippen molar-refractivity contribution < 1.29 is 31.4 Å². The zero-order chi connectivity index (χ0) is 23.1. The Bertz CT molecular complexity index is 1180.